The highest BCUT2D eigenvalue weighted by atomic mass is 127. The van der Waals surface area contributed by atoms with Gasteiger partial charge in [-0.15, -0.1) is 0 Å². The Morgan fingerprint density at radius 2 is 1.96 bits per heavy atom. The average Bonchev–Trinajstić information content (AvgIpc) is 2.93. The second-order valence-corrected chi connectivity index (χ2v) is 8.32. The van der Waals surface area contributed by atoms with Gasteiger partial charge in [0, 0.05) is 47.5 Å². The minimum absolute atomic E-state index is 0.530. The molecule has 3 N–H and O–H groups in total. The lowest BCUT2D eigenvalue weighted by atomic mass is 9.89. The molecule has 6 nitrogen and oxygen atoms in total. The van der Waals surface area contributed by atoms with Crippen LogP contribution in [0.5, 0.6) is 0 Å². The van der Waals surface area contributed by atoms with Crippen LogP contribution in [0, 0.1) is 3.57 Å². The molecule has 3 heterocycles. The summed E-state index contributed by atoms with van der Waals surface area (Å²) in [6, 6.07) is 1.89. The van der Waals surface area contributed by atoms with E-state index in [1.165, 1.54) is 38.8 Å². The normalized spacial score (nSPS) is 29.2. The molecule has 1 saturated carbocycles. The van der Waals surface area contributed by atoms with Crippen LogP contribution < -0.4 is 11.1 Å². The number of hydrogen-bond donors (Lipinski definition) is 2. The topological polar surface area (TPSA) is 72.0 Å². The number of hydrogen-bond acceptors (Lipinski definition) is 5. The minimum atomic E-state index is 0.530. The summed E-state index contributed by atoms with van der Waals surface area (Å²) in [5.41, 5.74) is 7.04. The summed E-state index contributed by atoms with van der Waals surface area (Å²) in [5, 5.41) is 4.55. The highest BCUT2D eigenvalue weighted by molar-refractivity contribution is 14.1. The number of aromatic nitrogens is 3. The summed E-state index contributed by atoms with van der Waals surface area (Å²) < 4.78 is 3.49. The summed E-state index contributed by atoms with van der Waals surface area (Å²) in [5.74, 6) is 0.589. The van der Waals surface area contributed by atoms with Gasteiger partial charge >= 0.3 is 0 Å². The van der Waals surface area contributed by atoms with Crippen molar-refractivity contribution in [1.82, 2.24) is 24.8 Å². The molecule has 2 fully saturated rings. The van der Waals surface area contributed by atoms with E-state index in [0.29, 0.717) is 17.9 Å². The molecule has 24 heavy (non-hydrogen) atoms. The van der Waals surface area contributed by atoms with Gasteiger partial charge in [0.05, 0.1) is 5.39 Å². The molecule has 0 aromatic carbocycles. The number of halogens is 1. The first-order chi connectivity index (χ1) is 11.6. The number of rotatable bonds is 2. The van der Waals surface area contributed by atoms with Crippen molar-refractivity contribution in [1.29, 1.82) is 0 Å². The van der Waals surface area contributed by atoms with Crippen molar-refractivity contribution in [3.8, 4) is 0 Å². The first kappa shape index (κ1) is 16.5. The van der Waals surface area contributed by atoms with Crippen molar-refractivity contribution >= 4 is 39.4 Å². The Hall–Kier alpha value is -0.930. The second kappa shape index (κ2) is 6.76. The summed E-state index contributed by atoms with van der Waals surface area (Å²) >= 11 is 2.35. The molecule has 1 atom stereocenters. The van der Waals surface area contributed by atoms with Crippen molar-refractivity contribution in [2.24, 2.45) is 0 Å². The molecule has 2 aliphatic rings. The smallest absolute Gasteiger partial charge is 0.146 e. The van der Waals surface area contributed by atoms with E-state index in [0.717, 1.165) is 27.2 Å². The van der Waals surface area contributed by atoms with Crippen LogP contribution >= 0.6 is 22.6 Å². The highest BCUT2D eigenvalue weighted by Crippen LogP contribution is 2.35. The molecule has 1 unspecified atom stereocenters. The summed E-state index contributed by atoms with van der Waals surface area (Å²) in [6.07, 6.45) is 8.76. The van der Waals surface area contributed by atoms with E-state index in [9.17, 15) is 0 Å². The number of fused-ring (bicyclic) bond motifs is 1. The third kappa shape index (κ3) is 3.01. The van der Waals surface area contributed by atoms with Crippen molar-refractivity contribution in [2.75, 3.05) is 25.4 Å². The first-order valence-electron chi connectivity index (χ1n) is 8.87. The van der Waals surface area contributed by atoms with Crippen LogP contribution in [0.3, 0.4) is 0 Å². The number of nitrogens with zero attached hydrogens (tertiary/aromatic N) is 4. The molecule has 1 saturated heterocycles. The summed E-state index contributed by atoms with van der Waals surface area (Å²) in [6.45, 7) is 5.78. The fourth-order valence-corrected chi connectivity index (χ4v) is 5.15. The Balaban J connectivity index is 1.49. The number of nitrogens with one attached hydrogen (secondary N) is 1. The molecular weight excluding hydrogens is 415 g/mol. The Labute approximate surface area is 156 Å². The minimum Gasteiger partial charge on any atom is -0.383 e. The van der Waals surface area contributed by atoms with Gasteiger partial charge in [0.1, 0.15) is 17.8 Å². The Morgan fingerprint density at radius 1 is 1.21 bits per heavy atom. The molecule has 2 aromatic rings. The first-order valence-corrected chi connectivity index (χ1v) is 9.95. The summed E-state index contributed by atoms with van der Waals surface area (Å²) in [4.78, 5) is 11.3. The van der Waals surface area contributed by atoms with Crippen LogP contribution in [0.1, 0.15) is 38.6 Å². The Kier molecular flexibility index (Phi) is 4.66. The maximum atomic E-state index is 6.05. The maximum absolute atomic E-state index is 6.05. The van der Waals surface area contributed by atoms with Crippen LogP contribution in [-0.2, 0) is 0 Å². The van der Waals surface area contributed by atoms with Gasteiger partial charge < -0.3 is 15.6 Å². The van der Waals surface area contributed by atoms with E-state index in [1.807, 2.05) is 0 Å². The third-order valence-electron chi connectivity index (χ3n) is 5.57. The van der Waals surface area contributed by atoms with Gasteiger partial charge in [-0.3, -0.25) is 4.90 Å². The maximum Gasteiger partial charge on any atom is 0.146 e. The van der Waals surface area contributed by atoms with Gasteiger partial charge in [0.25, 0.3) is 0 Å². The number of anilines is 1. The molecule has 0 radical (unpaired) electrons. The lowest BCUT2D eigenvalue weighted by Crippen LogP contribution is -2.53. The van der Waals surface area contributed by atoms with E-state index < -0.39 is 0 Å². The molecular formula is C17H25IN6. The molecule has 0 spiro atoms. The predicted octanol–water partition coefficient (Wildman–Crippen LogP) is 2.40. The fraction of sp³-hybridized carbons (Fsp3) is 0.647. The quantitative estimate of drug-likeness (QED) is 0.702. The van der Waals surface area contributed by atoms with E-state index in [2.05, 4.69) is 60.5 Å². The van der Waals surface area contributed by atoms with Crippen LogP contribution in [-0.4, -0.2) is 51.2 Å². The van der Waals surface area contributed by atoms with E-state index >= 15 is 0 Å². The van der Waals surface area contributed by atoms with Crippen LogP contribution in [0.25, 0.3) is 11.0 Å². The molecule has 1 aliphatic carbocycles. The standard InChI is InChI=1S/C17H25IN6/c1-11-8-23(7-6-20-11)12-2-4-13(5-3-12)24-9-14(18)15-16(19)21-10-22-17(15)24/h9-13,20H,2-8H2,1H3,(H2,19,21,22)/t11?,12-,13-. The zero-order valence-electron chi connectivity index (χ0n) is 14.1. The number of piperazine rings is 1. The zero-order valence-corrected chi connectivity index (χ0v) is 16.2. The van der Waals surface area contributed by atoms with E-state index in [-0.39, 0.29) is 0 Å². The van der Waals surface area contributed by atoms with Crippen LogP contribution in [0.2, 0.25) is 0 Å². The number of nitrogens with two attached hydrogens (primary N) is 1. The van der Waals surface area contributed by atoms with Gasteiger partial charge in [-0.05, 0) is 55.2 Å². The van der Waals surface area contributed by atoms with Gasteiger partial charge in [-0.2, -0.15) is 0 Å². The zero-order chi connectivity index (χ0) is 16.7. The fourth-order valence-electron chi connectivity index (χ4n) is 4.34. The van der Waals surface area contributed by atoms with Gasteiger partial charge in [0.2, 0.25) is 0 Å². The van der Waals surface area contributed by atoms with Crippen molar-refractivity contribution in [3.05, 3.63) is 16.1 Å². The lowest BCUT2D eigenvalue weighted by Gasteiger charge is -2.41. The molecule has 1 aliphatic heterocycles. The Morgan fingerprint density at radius 3 is 2.71 bits per heavy atom. The van der Waals surface area contributed by atoms with Crippen molar-refractivity contribution in [3.63, 3.8) is 0 Å². The number of nitrogen functional groups attached to an aromatic ring is 1. The predicted molar refractivity (Wildman–Crippen MR) is 105 cm³/mol. The summed E-state index contributed by atoms with van der Waals surface area (Å²) in [7, 11) is 0. The van der Waals surface area contributed by atoms with Crippen LogP contribution in [0.15, 0.2) is 12.5 Å². The van der Waals surface area contributed by atoms with Gasteiger partial charge in [-0.25, -0.2) is 9.97 Å². The van der Waals surface area contributed by atoms with Gasteiger partial charge in [0.15, 0.2) is 0 Å². The third-order valence-corrected chi connectivity index (χ3v) is 6.39. The SMILES string of the molecule is CC1CN([C@H]2CC[C@H](n3cc(I)c4c(N)ncnc43)CC2)CCN1. The van der Waals surface area contributed by atoms with E-state index in [1.54, 1.807) is 6.33 Å². The molecule has 7 heteroatoms. The molecule has 130 valence electrons. The van der Waals surface area contributed by atoms with Crippen LogP contribution in [0.4, 0.5) is 5.82 Å². The molecule has 4 rings (SSSR count). The monoisotopic (exact) mass is 440 g/mol. The van der Waals surface area contributed by atoms with E-state index in [4.69, 9.17) is 5.73 Å². The van der Waals surface area contributed by atoms with Crippen molar-refractivity contribution < 1.29 is 0 Å². The largest absolute Gasteiger partial charge is 0.383 e. The second-order valence-electron chi connectivity index (χ2n) is 7.15. The average molecular weight is 440 g/mol. The molecule has 0 bridgehead atoms. The molecule has 2 aromatic heterocycles. The highest BCUT2D eigenvalue weighted by Gasteiger charge is 2.29. The lowest BCUT2D eigenvalue weighted by molar-refractivity contribution is 0.107. The van der Waals surface area contributed by atoms with Crippen molar-refractivity contribution in [2.45, 2.75) is 50.7 Å². The molecule has 0 amide bonds. The van der Waals surface area contributed by atoms with Gasteiger partial charge in [-0.1, -0.05) is 0 Å². The Bertz CT molecular complexity index is 721.